The number of hydrogen-bond acceptors (Lipinski definition) is 3. The van der Waals surface area contributed by atoms with E-state index in [0.29, 0.717) is 19.8 Å². The fourth-order valence-corrected chi connectivity index (χ4v) is 1.96. The summed E-state index contributed by atoms with van der Waals surface area (Å²) in [6, 6.07) is 0. The molecule has 0 aromatic heterocycles. The molecule has 1 aliphatic carbocycles. The predicted octanol–water partition coefficient (Wildman–Crippen LogP) is 1.86. The van der Waals surface area contributed by atoms with Crippen LogP contribution in [0.3, 0.4) is 0 Å². The first-order chi connectivity index (χ1) is 7.83. The van der Waals surface area contributed by atoms with Crippen LogP contribution < -0.4 is 5.32 Å². The molecule has 0 fully saturated rings. The molecule has 0 aliphatic heterocycles. The molecule has 16 heavy (non-hydrogen) atoms. The third-order valence-electron chi connectivity index (χ3n) is 2.90. The number of aliphatic hydroxyl groups is 1. The van der Waals surface area contributed by atoms with Crippen LogP contribution in [0, 0.1) is 0 Å². The normalized spacial score (nSPS) is 18.2. The molecule has 0 bridgehead atoms. The molecule has 0 radical (unpaired) electrons. The summed E-state index contributed by atoms with van der Waals surface area (Å²) < 4.78 is 5.14. The summed E-state index contributed by atoms with van der Waals surface area (Å²) in [6.45, 7) is 4.65. The second-order valence-electron chi connectivity index (χ2n) is 4.38. The van der Waals surface area contributed by atoms with Crippen molar-refractivity contribution in [1.82, 2.24) is 5.32 Å². The maximum absolute atomic E-state index is 9.52. The summed E-state index contributed by atoms with van der Waals surface area (Å²) >= 11 is 0. The summed E-state index contributed by atoms with van der Waals surface area (Å²) in [6.07, 6.45) is 8.34. The van der Waals surface area contributed by atoms with Gasteiger partial charge in [-0.1, -0.05) is 11.6 Å². The largest absolute Gasteiger partial charge is 0.389 e. The predicted molar refractivity (Wildman–Crippen MR) is 66.5 cm³/mol. The lowest BCUT2D eigenvalue weighted by molar-refractivity contribution is 0.0430. The van der Waals surface area contributed by atoms with Gasteiger partial charge in [-0.15, -0.1) is 0 Å². The summed E-state index contributed by atoms with van der Waals surface area (Å²) in [5.41, 5.74) is 1.58. The summed E-state index contributed by atoms with van der Waals surface area (Å²) in [5, 5.41) is 12.8. The van der Waals surface area contributed by atoms with Crippen molar-refractivity contribution < 1.29 is 9.84 Å². The van der Waals surface area contributed by atoms with Gasteiger partial charge in [-0.05, 0) is 45.6 Å². The Morgan fingerprint density at radius 3 is 3.06 bits per heavy atom. The molecule has 1 rings (SSSR count). The smallest absolute Gasteiger partial charge is 0.0897 e. The van der Waals surface area contributed by atoms with Gasteiger partial charge in [0.25, 0.3) is 0 Å². The van der Waals surface area contributed by atoms with E-state index in [-0.39, 0.29) is 6.10 Å². The highest BCUT2D eigenvalue weighted by Gasteiger charge is 2.05. The SMILES string of the molecule is CCOCC(O)CNCCC1=CCCCC1. The molecule has 1 atom stereocenters. The molecule has 0 spiro atoms. The van der Waals surface area contributed by atoms with E-state index < -0.39 is 0 Å². The first kappa shape index (κ1) is 13.7. The minimum absolute atomic E-state index is 0.375. The van der Waals surface area contributed by atoms with Crippen LogP contribution >= 0.6 is 0 Å². The van der Waals surface area contributed by atoms with Crippen LogP contribution in [0.15, 0.2) is 11.6 Å². The Morgan fingerprint density at radius 2 is 2.38 bits per heavy atom. The maximum Gasteiger partial charge on any atom is 0.0897 e. The molecule has 0 aromatic carbocycles. The van der Waals surface area contributed by atoms with Gasteiger partial charge in [-0.3, -0.25) is 0 Å². The van der Waals surface area contributed by atoms with Crippen molar-refractivity contribution in [2.45, 2.75) is 45.1 Å². The van der Waals surface area contributed by atoms with Gasteiger partial charge in [0.1, 0.15) is 0 Å². The zero-order chi connectivity index (χ0) is 11.6. The molecule has 3 nitrogen and oxygen atoms in total. The van der Waals surface area contributed by atoms with Crippen LogP contribution in [0.4, 0.5) is 0 Å². The van der Waals surface area contributed by atoms with E-state index in [9.17, 15) is 5.11 Å². The van der Waals surface area contributed by atoms with Crippen molar-refractivity contribution in [2.24, 2.45) is 0 Å². The quantitative estimate of drug-likeness (QED) is 0.491. The standard InChI is InChI=1S/C13H25NO2/c1-2-16-11-13(15)10-14-9-8-12-6-4-3-5-7-12/h6,13-15H,2-5,7-11H2,1H3. The highest BCUT2D eigenvalue weighted by molar-refractivity contribution is 5.05. The number of ether oxygens (including phenoxy) is 1. The Balaban J connectivity index is 1.96. The Morgan fingerprint density at radius 1 is 1.50 bits per heavy atom. The molecule has 94 valence electrons. The first-order valence-electron chi connectivity index (χ1n) is 6.47. The first-order valence-corrected chi connectivity index (χ1v) is 6.47. The van der Waals surface area contributed by atoms with Crippen LogP contribution in [-0.4, -0.2) is 37.5 Å². The second kappa shape index (κ2) is 8.74. The van der Waals surface area contributed by atoms with Crippen LogP contribution in [0.25, 0.3) is 0 Å². The van der Waals surface area contributed by atoms with Crippen molar-refractivity contribution in [2.75, 3.05) is 26.3 Å². The molecule has 0 saturated carbocycles. The molecule has 0 saturated heterocycles. The summed E-state index contributed by atoms with van der Waals surface area (Å²) in [7, 11) is 0. The molecule has 1 aliphatic rings. The topological polar surface area (TPSA) is 41.5 Å². The Hall–Kier alpha value is -0.380. The minimum atomic E-state index is -0.375. The molecule has 1 unspecified atom stereocenters. The number of hydrogen-bond donors (Lipinski definition) is 2. The average molecular weight is 227 g/mol. The molecule has 2 N–H and O–H groups in total. The summed E-state index contributed by atoms with van der Waals surface area (Å²) in [5.74, 6) is 0. The van der Waals surface area contributed by atoms with E-state index in [2.05, 4.69) is 11.4 Å². The summed E-state index contributed by atoms with van der Waals surface area (Å²) in [4.78, 5) is 0. The van der Waals surface area contributed by atoms with E-state index >= 15 is 0 Å². The molecule has 0 aromatic rings. The van der Waals surface area contributed by atoms with Crippen molar-refractivity contribution in [1.29, 1.82) is 0 Å². The molecular formula is C13H25NO2. The van der Waals surface area contributed by atoms with Crippen molar-refractivity contribution >= 4 is 0 Å². The van der Waals surface area contributed by atoms with Crippen molar-refractivity contribution in [3.05, 3.63) is 11.6 Å². The van der Waals surface area contributed by atoms with Gasteiger partial charge in [0.05, 0.1) is 12.7 Å². The second-order valence-corrected chi connectivity index (χ2v) is 4.38. The van der Waals surface area contributed by atoms with Crippen LogP contribution in [0.5, 0.6) is 0 Å². The molecule has 3 heteroatoms. The maximum atomic E-state index is 9.52. The third-order valence-corrected chi connectivity index (χ3v) is 2.90. The number of rotatable bonds is 8. The van der Waals surface area contributed by atoms with Crippen LogP contribution in [-0.2, 0) is 4.74 Å². The highest BCUT2D eigenvalue weighted by Crippen LogP contribution is 2.19. The minimum Gasteiger partial charge on any atom is -0.389 e. The Kier molecular flexibility index (Phi) is 7.47. The van der Waals surface area contributed by atoms with E-state index in [1.807, 2.05) is 6.92 Å². The van der Waals surface area contributed by atoms with Crippen LogP contribution in [0.2, 0.25) is 0 Å². The molecule has 0 heterocycles. The lowest BCUT2D eigenvalue weighted by Crippen LogP contribution is -2.31. The molecular weight excluding hydrogens is 202 g/mol. The fraction of sp³-hybridized carbons (Fsp3) is 0.846. The number of aliphatic hydroxyl groups excluding tert-OH is 1. The van der Waals surface area contributed by atoms with Gasteiger partial charge < -0.3 is 15.2 Å². The number of allylic oxidation sites excluding steroid dienone is 1. The fourth-order valence-electron chi connectivity index (χ4n) is 1.96. The zero-order valence-electron chi connectivity index (χ0n) is 10.4. The Labute approximate surface area is 98.9 Å². The zero-order valence-corrected chi connectivity index (χ0v) is 10.4. The third kappa shape index (κ3) is 6.26. The van der Waals surface area contributed by atoms with Crippen molar-refractivity contribution in [3.63, 3.8) is 0 Å². The number of nitrogens with one attached hydrogen (secondary N) is 1. The van der Waals surface area contributed by atoms with E-state index in [1.165, 1.54) is 25.7 Å². The van der Waals surface area contributed by atoms with Crippen LogP contribution in [0.1, 0.15) is 39.0 Å². The van der Waals surface area contributed by atoms with E-state index in [0.717, 1.165) is 13.0 Å². The lowest BCUT2D eigenvalue weighted by Gasteiger charge is -2.14. The average Bonchev–Trinajstić information content (AvgIpc) is 2.33. The lowest BCUT2D eigenvalue weighted by atomic mass is 9.97. The van der Waals surface area contributed by atoms with Gasteiger partial charge in [0.15, 0.2) is 0 Å². The van der Waals surface area contributed by atoms with Gasteiger partial charge in [0, 0.05) is 13.2 Å². The highest BCUT2D eigenvalue weighted by atomic mass is 16.5. The van der Waals surface area contributed by atoms with Gasteiger partial charge >= 0.3 is 0 Å². The monoisotopic (exact) mass is 227 g/mol. The van der Waals surface area contributed by atoms with E-state index in [1.54, 1.807) is 5.57 Å². The van der Waals surface area contributed by atoms with Gasteiger partial charge in [0.2, 0.25) is 0 Å². The van der Waals surface area contributed by atoms with Crippen molar-refractivity contribution in [3.8, 4) is 0 Å². The molecule has 0 amide bonds. The van der Waals surface area contributed by atoms with E-state index in [4.69, 9.17) is 4.74 Å². The Bertz CT molecular complexity index is 204. The van der Waals surface area contributed by atoms with Gasteiger partial charge in [-0.25, -0.2) is 0 Å². The van der Waals surface area contributed by atoms with Gasteiger partial charge in [-0.2, -0.15) is 0 Å².